The molecular formula is C23H27N3O6. The monoisotopic (exact) mass is 441 g/mol. The highest BCUT2D eigenvalue weighted by Gasteiger charge is 2.35. The fourth-order valence-corrected chi connectivity index (χ4v) is 3.64. The third-order valence-corrected chi connectivity index (χ3v) is 5.18. The van der Waals surface area contributed by atoms with Gasteiger partial charge in [-0.25, -0.2) is 0 Å². The van der Waals surface area contributed by atoms with Crippen LogP contribution in [0.2, 0.25) is 0 Å². The number of nitrogens with one attached hydrogen (secondary N) is 2. The molecule has 0 bridgehead atoms. The lowest BCUT2D eigenvalue weighted by molar-refractivity contribution is -0.131. The standard InChI is InChI=1S/C23H27N3O6/c1-14-6-5-7-16(10-14)25-20(27)13-17-22(28)24-8-9-26(17)23(29)15-11-18(30-2)21(32-4)19(12-15)31-3/h5-7,10-12,17H,8-9,13H2,1-4H3,(H,24,28)(H,25,27). The lowest BCUT2D eigenvalue weighted by atomic mass is 10.0. The Labute approximate surface area is 186 Å². The number of hydrogen-bond acceptors (Lipinski definition) is 6. The maximum absolute atomic E-state index is 13.3. The summed E-state index contributed by atoms with van der Waals surface area (Å²) in [5, 5.41) is 5.52. The molecule has 0 radical (unpaired) electrons. The Balaban J connectivity index is 1.84. The first-order valence-electron chi connectivity index (χ1n) is 10.1. The SMILES string of the molecule is COc1cc(C(=O)N2CCNC(=O)C2CC(=O)Nc2cccc(C)c2)cc(OC)c1OC. The van der Waals surface area contributed by atoms with Gasteiger partial charge in [0.1, 0.15) is 6.04 Å². The lowest BCUT2D eigenvalue weighted by Crippen LogP contribution is -2.58. The quantitative estimate of drug-likeness (QED) is 0.681. The predicted octanol–water partition coefficient (Wildman–Crippen LogP) is 1.99. The molecule has 3 amide bonds. The van der Waals surface area contributed by atoms with Crippen molar-refractivity contribution in [2.45, 2.75) is 19.4 Å². The first kappa shape index (κ1) is 22.9. The number of ether oxygens (including phenoxy) is 3. The summed E-state index contributed by atoms with van der Waals surface area (Å²) >= 11 is 0. The summed E-state index contributed by atoms with van der Waals surface area (Å²) in [7, 11) is 4.39. The van der Waals surface area contributed by atoms with Crippen LogP contribution in [0, 0.1) is 6.92 Å². The second-order valence-electron chi connectivity index (χ2n) is 7.34. The Morgan fingerprint density at radius 3 is 2.38 bits per heavy atom. The number of amides is 3. The van der Waals surface area contributed by atoms with Crippen LogP contribution in [0.25, 0.3) is 0 Å². The van der Waals surface area contributed by atoms with Crippen molar-refractivity contribution in [2.24, 2.45) is 0 Å². The molecule has 2 aromatic rings. The highest BCUT2D eigenvalue weighted by Crippen LogP contribution is 2.38. The summed E-state index contributed by atoms with van der Waals surface area (Å²) in [6.07, 6.45) is -0.171. The van der Waals surface area contributed by atoms with Crippen molar-refractivity contribution in [3.8, 4) is 17.2 Å². The average molecular weight is 441 g/mol. The van der Waals surface area contributed by atoms with Crippen LogP contribution >= 0.6 is 0 Å². The lowest BCUT2D eigenvalue weighted by Gasteiger charge is -2.35. The van der Waals surface area contributed by atoms with E-state index in [1.807, 2.05) is 25.1 Å². The topological polar surface area (TPSA) is 106 Å². The molecule has 1 fully saturated rings. The van der Waals surface area contributed by atoms with Crippen molar-refractivity contribution < 1.29 is 28.6 Å². The van der Waals surface area contributed by atoms with Gasteiger partial charge >= 0.3 is 0 Å². The van der Waals surface area contributed by atoms with Crippen molar-refractivity contribution in [2.75, 3.05) is 39.7 Å². The molecule has 0 spiro atoms. The molecule has 1 aliphatic rings. The van der Waals surface area contributed by atoms with Crippen LogP contribution in [-0.2, 0) is 9.59 Å². The minimum Gasteiger partial charge on any atom is -0.493 e. The molecule has 9 heteroatoms. The van der Waals surface area contributed by atoms with E-state index in [0.29, 0.717) is 29.5 Å². The molecule has 0 aliphatic carbocycles. The first-order chi connectivity index (χ1) is 15.4. The number of anilines is 1. The van der Waals surface area contributed by atoms with Crippen LogP contribution in [0.3, 0.4) is 0 Å². The van der Waals surface area contributed by atoms with Gasteiger partial charge in [-0.2, -0.15) is 0 Å². The molecule has 2 N–H and O–H groups in total. The van der Waals surface area contributed by atoms with Gasteiger partial charge in [0.15, 0.2) is 11.5 Å². The highest BCUT2D eigenvalue weighted by atomic mass is 16.5. The Kier molecular flexibility index (Phi) is 7.19. The summed E-state index contributed by atoms with van der Waals surface area (Å²) in [5.74, 6) is -0.142. The van der Waals surface area contributed by atoms with Gasteiger partial charge in [-0.3, -0.25) is 14.4 Å². The predicted molar refractivity (Wildman–Crippen MR) is 118 cm³/mol. The zero-order valence-corrected chi connectivity index (χ0v) is 18.6. The summed E-state index contributed by atoms with van der Waals surface area (Å²) in [6.45, 7) is 2.48. The summed E-state index contributed by atoms with van der Waals surface area (Å²) in [4.78, 5) is 40.0. The molecule has 32 heavy (non-hydrogen) atoms. The number of benzene rings is 2. The largest absolute Gasteiger partial charge is 0.493 e. The number of methoxy groups -OCH3 is 3. The van der Waals surface area contributed by atoms with E-state index < -0.39 is 11.9 Å². The summed E-state index contributed by atoms with van der Waals surface area (Å²) in [6, 6.07) is 9.46. The number of nitrogens with zero attached hydrogens (tertiary/aromatic N) is 1. The van der Waals surface area contributed by atoms with Gasteiger partial charge in [-0.05, 0) is 36.8 Å². The average Bonchev–Trinajstić information content (AvgIpc) is 2.78. The van der Waals surface area contributed by atoms with Gasteiger partial charge in [0.05, 0.1) is 27.8 Å². The molecule has 1 heterocycles. The molecule has 0 aromatic heterocycles. The minimum atomic E-state index is -0.944. The van der Waals surface area contributed by atoms with E-state index in [0.717, 1.165) is 5.56 Å². The van der Waals surface area contributed by atoms with Crippen molar-refractivity contribution >= 4 is 23.4 Å². The number of aryl methyl sites for hydroxylation is 1. The molecule has 1 aliphatic heterocycles. The number of carbonyl (C=O) groups excluding carboxylic acids is 3. The van der Waals surface area contributed by atoms with Crippen molar-refractivity contribution in [1.82, 2.24) is 10.2 Å². The molecular weight excluding hydrogens is 414 g/mol. The van der Waals surface area contributed by atoms with Crippen molar-refractivity contribution in [1.29, 1.82) is 0 Å². The second kappa shape index (κ2) is 10.0. The van der Waals surface area contributed by atoms with Gasteiger partial charge in [0.2, 0.25) is 17.6 Å². The minimum absolute atomic E-state index is 0.171. The zero-order valence-electron chi connectivity index (χ0n) is 18.6. The van der Waals surface area contributed by atoms with E-state index in [2.05, 4.69) is 10.6 Å². The number of hydrogen-bond donors (Lipinski definition) is 2. The first-order valence-corrected chi connectivity index (χ1v) is 10.1. The maximum Gasteiger partial charge on any atom is 0.254 e. The maximum atomic E-state index is 13.3. The van der Waals surface area contributed by atoms with E-state index in [4.69, 9.17) is 14.2 Å². The molecule has 1 atom stereocenters. The van der Waals surface area contributed by atoms with E-state index in [-0.39, 0.29) is 30.3 Å². The summed E-state index contributed by atoms with van der Waals surface area (Å²) < 4.78 is 16.0. The number of piperazine rings is 1. The molecule has 1 saturated heterocycles. The Bertz CT molecular complexity index is 998. The smallest absolute Gasteiger partial charge is 0.254 e. The number of rotatable bonds is 7. The van der Waals surface area contributed by atoms with Crippen LogP contribution in [0.15, 0.2) is 36.4 Å². The van der Waals surface area contributed by atoms with E-state index >= 15 is 0 Å². The molecule has 2 aromatic carbocycles. The zero-order chi connectivity index (χ0) is 23.3. The third-order valence-electron chi connectivity index (χ3n) is 5.18. The Morgan fingerprint density at radius 1 is 1.09 bits per heavy atom. The Hall–Kier alpha value is -3.75. The third kappa shape index (κ3) is 4.93. The van der Waals surface area contributed by atoms with Crippen LogP contribution < -0.4 is 24.8 Å². The van der Waals surface area contributed by atoms with Gasteiger partial charge < -0.3 is 29.7 Å². The molecule has 3 rings (SSSR count). The van der Waals surface area contributed by atoms with Crippen LogP contribution in [0.4, 0.5) is 5.69 Å². The van der Waals surface area contributed by atoms with E-state index in [1.165, 1.54) is 38.4 Å². The van der Waals surface area contributed by atoms with Crippen LogP contribution in [0.5, 0.6) is 17.2 Å². The van der Waals surface area contributed by atoms with Gasteiger partial charge in [0.25, 0.3) is 5.91 Å². The summed E-state index contributed by atoms with van der Waals surface area (Å²) in [5.41, 5.74) is 1.89. The van der Waals surface area contributed by atoms with Gasteiger partial charge in [0, 0.05) is 24.3 Å². The fourth-order valence-electron chi connectivity index (χ4n) is 3.64. The number of carbonyl (C=O) groups is 3. The molecule has 170 valence electrons. The normalized spacial score (nSPS) is 15.6. The molecule has 0 saturated carbocycles. The van der Waals surface area contributed by atoms with Crippen LogP contribution in [0.1, 0.15) is 22.3 Å². The highest BCUT2D eigenvalue weighted by molar-refractivity contribution is 6.01. The van der Waals surface area contributed by atoms with Gasteiger partial charge in [-0.1, -0.05) is 12.1 Å². The van der Waals surface area contributed by atoms with Crippen molar-refractivity contribution in [3.63, 3.8) is 0 Å². The van der Waals surface area contributed by atoms with Crippen LogP contribution in [-0.4, -0.2) is 63.1 Å². The molecule has 9 nitrogen and oxygen atoms in total. The second-order valence-corrected chi connectivity index (χ2v) is 7.34. The molecule has 1 unspecified atom stereocenters. The van der Waals surface area contributed by atoms with E-state index in [9.17, 15) is 14.4 Å². The Morgan fingerprint density at radius 2 is 1.78 bits per heavy atom. The van der Waals surface area contributed by atoms with Crippen molar-refractivity contribution in [3.05, 3.63) is 47.5 Å². The van der Waals surface area contributed by atoms with Gasteiger partial charge in [-0.15, -0.1) is 0 Å². The fraction of sp³-hybridized carbons (Fsp3) is 0.348. The van der Waals surface area contributed by atoms with E-state index in [1.54, 1.807) is 6.07 Å².